The van der Waals surface area contributed by atoms with Crippen LogP contribution in [-0.2, 0) is 0 Å². The van der Waals surface area contributed by atoms with Gasteiger partial charge in [-0.2, -0.15) is 0 Å². The molecule has 5 heteroatoms. The first kappa shape index (κ1) is 13.6. The van der Waals surface area contributed by atoms with Crippen molar-refractivity contribution in [3.05, 3.63) is 12.4 Å². The third-order valence-electron chi connectivity index (χ3n) is 4.46. The summed E-state index contributed by atoms with van der Waals surface area (Å²) >= 11 is 0. The van der Waals surface area contributed by atoms with Crippen molar-refractivity contribution in [2.45, 2.75) is 57.2 Å². The topological polar surface area (TPSA) is 50.3 Å². The summed E-state index contributed by atoms with van der Waals surface area (Å²) in [6.45, 7) is 3.24. The Kier molecular flexibility index (Phi) is 4.05. The van der Waals surface area contributed by atoms with Crippen LogP contribution in [0.25, 0.3) is 0 Å². The van der Waals surface area contributed by atoms with E-state index in [0.29, 0.717) is 18.1 Å². The molecule has 0 saturated carbocycles. The van der Waals surface area contributed by atoms with Crippen LogP contribution in [0.2, 0.25) is 0 Å². The molecule has 1 aromatic rings. The molecule has 20 heavy (non-hydrogen) atoms. The highest BCUT2D eigenvalue weighted by molar-refractivity contribution is 5.33. The zero-order valence-electron chi connectivity index (χ0n) is 12.4. The highest BCUT2D eigenvalue weighted by Gasteiger charge is 2.36. The first-order valence-electron chi connectivity index (χ1n) is 7.69. The smallest absolute Gasteiger partial charge is 0.225 e. The predicted molar refractivity (Wildman–Crippen MR) is 79.2 cm³/mol. The third-order valence-corrected chi connectivity index (χ3v) is 4.46. The zero-order valence-corrected chi connectivity index (χ0v) is 12.4. The first-order valence-corrected chi connectivity index (χ1v) is 7.69. The Bertz CT molecular complexity index is 424. The van der Waals surface area contributed by atoms with Gasteiger partial charge in [0.2, 0.25) is 5.95 Å². The van der Waals surface area contributed by atoms with E-state index in [0.717, 1.165) is 24.7 Å². The fourth-order valence-corrected chi connectivity index (χ4v) is 3.53. The molecule has 0 radical (unpaired) electrons. The molecule has 0 amide bonds. The Morgan fingerprint density at radius 3 is 2.45 bits per heavy atom. The maximum atomic E-state index is 5.14. The molecule has 2 aliphatic rings. The number of fused-ring (bicyclic) bond motifs is 2. The summed E-state index contributed by atoms with van der Waals surface area (Å²) in [4.78, 5) is 11.4. The van der Waals surface area contributed by atoms with Gasteiger partial charge in [-0.3, -0.25) is 0 Å². The van der Waals surface area contributed by atoms with Crippen molar-refractivity contribution >= 4 is 5.95 Å². The van der Waals surface area contributed by atoms with Crippen molar-refractivity contribution < 1.29 is 4.74 Å². The summed E-state index contributed by atoms with van der Waals surface area (Å²) in [6, 6.07) is 1.95. The number of rotatable bonds is 5. The van der Waals surface area contributed by atoms with Gasteiger partial charge < -0.3 is 15.0 Å². The van der Waals surface area contributed by atoms with Crippen LogP contribution in [-0.4, -0.2) is 41.7 Å². The van der Waals surface area contributed by atoms with Crippen LogP contribution < -0.4 is 15.0 Å². The zero-order chi connectivity index (χ0) is 13.9. The molecule has 2 fully saturated rings. The second-order valence-electron chi connectivity index (χ2n) is 5.88. The van der Waals surface area contributed by atoms with Crippen LogP contribution in [0, 0.1) is 0 Å². The molecule has 0 aromatic carbocycles. The lowest BCUT2D eigenvalue weighted by Crippen LogP contribution is -2.49. The molecule has 1 N–H and O–H groups in total. The Morgan fingerprint density at radius 2 is 1.90 bits per heavy atom. The number of anilines is 1. The standard InChI is InChI=1S/C15H24N4O/c1-3-6-19(15-16-9-14(20-2)10-17-15)13-7-11-4-5-12(8-13)18-11/h9-13,18H,3-8H2,1-2H3. The van der Waals surface area contributed by atoms with E-state index in [1.165, 1.54) is 25.7 Å². The summed E-state index contributed by atoms with van der Waals surface area (Å²) in [7, 11) is 1.65. The van der Waals surface area contributed by atoms with Gasteiger partial charge in [-0.15, -0.1) is 0 Å². The number of nitrogens with one attached hydrogen (secondary N) is 1. The van der Waals surface area contributed by atoms with E-state index in [2.05, 4.69) is 27.1 Å². The molecule has 5 nitrogen and oxygen atoms in total. The van der Waals surface area contributed by atoms with Crippen molar-refractivity contribution in [3.63, 3.8) is 0 Å². The molecular weight excluding hydrogens is 252 g/mol. The summed E-state index contributed by atoms with van der Waals surface area (Å²) in [6.07, 6.45) is 9.73. The number of nitrogens with zero attached hydrogens (tertiary/aromatic N) is 3. The fourth-order valence-electron chi connectivity index (χ4n) is 3.53. The molecule has 2 unspecified atom stereocenters. The van der Waals surface area contributed by atoms with Crippen molar-refractivity contribution in [1.29, 1.82) is 0 Å². The van der Waals surface area contributed by atoms with Crippen molar-refractivity contribution in [3.8, 4) is 5.75 Å². The van der Waals surface area contributed by atoms with E-state index >= 15 is 0 Å². The van der Waals surface area contributed by atoms with Gasteiger partial charge in [0.1, 0.15) is 0 Å². The van der Waals surface area contributed by atoms with Gasteiger partial charge in [0.25, 0.3) is 0 Å². The second kappa shape index (κ2) is 5.95. The SMILES string of the molecule is CCCN(c1ncc(OC)cn1)C1CC2CCC(C1)N2. The summed E-state index contributed by atoms with van der Waals surface area (Å²) in [5.41, 5.74) is 0. The molecule has 2 atom stereocenters. The van der Waals surface area contributed by atoms with Crippen molar-refractivity contribution in [2.75, 3.05) is 18.6 Å². The van der Waals surface area contributed by atoms with Crippen LogP contribution in [0.4, 0.5) is 5.95 Å². The fraction of sp³-hybridized carbons (Fsp3) is 0.733. The van der Waals surface area contributed by atoms with Crippen LogP contribution in [0.1, 0.15) is 39.0 Å². The molecular formula is C15H24N4O. The molecule has 3 rings (SSSR count). The predicted octanol–water partition coefficient (Wildman–Crippen LogP) is 1.98. The van der Waals surface area contributed by atoms with Gasteiger partial charge in [-0.25, -0.2) is 9.97 Å². The summed E-state index contributed by atoms with van der Waals surface area (Å²) in [5, 5.41) is 3.70. The quantitative estimate of drug-likeness (QED) is 0.891. The normalized spacial score (nSPS) is 28.4. The van der Waals surface area contributed by atoms with E-state index in [1.54, 1.807) is 19.5 Å². The first-order chi connectivity index (χ1) is 9.80. The Balaban J connectivity index is 1.77. The number of methoxy groups -OCH3 is 1. The number of hydrogen-bond donors (Lipinski definition) is 1. The molecule has 2 saturated heterocycles. The monoisotopic (exact) mass is 276 g/mol. The van der Waals surface area contributed by atoms with Crippen LogP contribution in [0.3, 0.4) is 0 Å². The molecule has 0 aliphatic carbocycles. The number of ether oxygens (including phenoxy) is 1. The Labute approximate surface area is 120 Å². The van der Waals surface area contributed by atoms with Crippen molar-refractivity contribution in [2.24, 2.45) is 0 Å². The molecule has 110 valence electrons. The minimum Gasteiger partial charge on any atom is -0.494 e. The Morgan fingerprint density at radius 1 is 1.25 bits per heavy atom. The van der Waals surface area contributed by atoms with Gasteiger partial charge in [0, 0.05) is 24.7 Å². The van der Waals surface area contributed by atoms with Crippen LogP contribution in [0.15, 0.2) is 12.4 Å². The lowest BCUT2D eigenvalue weighted by Gasteiger charge is -2.37. The van der Waals surface area contributed by atoms with E-state index in [-0.39, 0.29) is 0 Å². The number of piperidine rings is 1. The molecule has 3 heterocycles. The lowest BCUT2D eigenvalue weighted by atomic mass is 9.98. The van der Waals surface area contributed by atoms with E-state index in [1.807, 2.05) is 0 Å². The lowest BCUT2D eigenvalue weighted by molar-refractivity contribution is 0.344. The van der Waals surface area contributed by atoms with Crippen LogP contribution >= 0.6 is 0 Å². The van der Waals surface area contributed by atoms with E-state index < -0.39 is 0 Å². The summed E-state index contributed by atoms with van der Waals surface area (Å²) < 4.78 is 5.14. The largest absolute Gasteiger partial charge is 0.494 e. The minimum atomic E-state index is 0.571. The van der Waals surface area contributed by atoms with E-state index in [4.69, 9.17) is 4.74 Å². The average molecular weight is 276 g/mol. The summed E-state index contributed by atoms with van der Waals surface area (Å²) in [5.74, 6) is 1.56. The second-order valence-corrected chi connectivity index (χ2v) is 5.88. The van der Waals surface area contributed by atoms with E-state index in [9.17, 15) is 0 Å². The highest BCUT2D eigenvalue weighted by atomic mass is 16.5. The van der Waals surface area contributed by atoms with Gasteiger partial charge in [0.05, 0.1) is 19.5 Å². The van der Waals surface area contributed by atoms with Gasteiger partial charge in [0.15, 0.2) is 5.75 Å². The molecule has 2 aliphatic heterocycles. The molecule has 0 spiro atoms. The molecule has 2 bridgehead atoms. The average Bonchev–Trinajstić information content (AvgIpc) is 2.83. The number of aromatic nitrogens is 2. The molecule has 1 aromatic heterocycles. The van der Waals surface area contributed by atoms with Crippen LogP contribution in [0.5, 0.6) is 5.75 Å². The highest BCUT2D eigenvalue weighted by Crippen LogP contribution is 2.31. The minimum absolute atomic E-state index is 0.571. The maximum Gasteiger partial charge on any atom is 0.225 e. The Hall–Kier alpha value is -1.36. The van der Waals surface area contributed by atoms with Crippen molar-refractivity contribution in [1.82, 2.24) is 15.3 Å². The number of hydrogen-bond acceptors (Lipinski definition) is 5. The maximum absolute atomic E-state index is 5.14. The third kappa shape index (κ3) is 2.73. The van der Waals surface area contributed by atoms with Gasteiger partial charge >= 0.3 is 0 Å². The van der Waals surface area contributed by atoms with Gasteiger partial charge in [-0.05, 0) is 32.1 Å². The van der Waals surface area contributed by atoms with Gasteiger partial charge in [-0.1, -0.05) is 6.92 Å².